The Bertz CT molecular complexity index is 2640. The molecule has 0 spiro atoms. The topological polar surface area (TPSA) is 186 Å². The van der Waals surface area contributed by atoms with Crippen LogP contribution in [0.1, 0.15) is 88.2 Å². The van der Waals surface area contributed by atoms with Crippen molar-refractivity contribution in [1.82, 2.24) is 35.4 Å². The van der Waals surface area contributed by atoms with Crippen molar-refractivity contribution >= 4 is 57.5 Å². The van der Waals surface area contributed by atoms with Gasteiger partial charge in [0.25, 0.3) is 17.4 Å². The molecule has 9 rings (SSSR count). The number of hydrogen-bond acceptors (Lipinski definition) is 12. The molecule has 5 heterocycles. The fraction of sp³-hybridized carbons (Fsp3) is 0.520. The third-order valence-corrected chi connectivity index (χ3v) is 15.4. The summed E-state index contributed by atoms with van der Waals surface area (Å²) < 4.78 is 7.48. The van der Waals surface area contributed by atoms with E-state index in [0.717, 1.165) is 87.6 Å². The molecule has 2 N–H and O–H groups in total. The summed E-state index contributed by atoms with van der Waals surface area (Å²) in [6.07, 6.45) is 3.79. The number of fused-ring (bicyclic) bond motifs is 1. The number of halogens is 1. The molecule has 5 aliphatic rings. The van der Waals surface area contributed by atoms with Crippen molar-refractivity contribution in [3.05, 3.63) is 87.2 Å². The largest absolute Gasteiger partial charge is 0.489 e. The molecule has 0 radical (unpaired) electrons. The molecule has 4 aromatic rings. The Morgan fingerprint density at radius 3 is 2.15 bits per heavy atom. The number of nitrogens with zero attached hydrogens (tertiary/aromatic N) is 8. The van der Waals surface area contributed by atoms with E-state index < -0.39 is 17.5 Å². The van der Waals surface area contributed by atoms with Crippen LogP contribution in [0.25, 0.3) is 10.9 Å². The summed E-state index contributed by atoms with van der Waals surface area (Å²) in [5.74, 6) is 0.368. The minimum absolute atomic E-state index is 0.0376. The number of hydrogen-bond donors (Lipinski definition) is 2. The number of piperazine rings is 1. The normalized spacial score (nSPS) is 23.6. The SMILES string of the molecule is CC1(C)C(NC(=O)c2ccc(N3CCC(CN4CCN(C(=O)C5CCN(c6ccc7nnn(C8CCC(=O)NC8=O)c(=O)c7c6)CC5)CC4)CC3)cc2)C(C)(C)C1Oc1ccc(C#N)c(Cl)c1. The van der Waals surface area contributed by atoms with E-state index in [2.05, 4.69) is 81.5 Å². The van der Waals surface area contributed by atoms with Gasteiger partial charge in [0.05, 0.1) is 16.0 Å². The number of piperidine rings is 3. The summed E-state index contributed by atoms with van der Waals surface area (Å²) in [5.41, 5.74) is 2.32. The Balaban J connectivity index is 0.699. The van der Waals surface area contributed by atoms with Gasteiger partial charge in [0.2, 0.25) is 11.8 Å². The van der Waals surface area contributed by atoms with Gasteiger partial charge in [-0.2, -0.15) is 9.94 Å². The average Bonchev–Trinajstić information content (AvgIpc) is 3.33. The molecule has 4 amide bonds. The van der Waals surface area contributed by atoms with Gasteiger partial charge in [-0.05, 0) is 92.6 Å². The van der Waals surface area contributed by atoms with Crippen LogP contribution in [0.5, 0.6) is 5.75 Å². The molecule has 5 fully saturated rings. The molecule has 3 aromatic carbocycles. The van der Waals surface area contributed by atoms with Gasteiger partial charge >= 0.3 is 0 Å². The molecule has 67 heavy (non-hydrogen) atoms. The molecule has 1 saturated carbocycles. The second-order valence-corrected chi connectivity index (χ2v) is 20.6. The first-order valence-electron chi connectivity index (χ1n) is 23.6. The second-order valence-electron chi connectivity index (χ2n) is 20.2. The number of imide groups is 1. The fourth-order valence-electron chi connectivity index (χ4n) is 11.5. The van der Waals surface area contributed by atoms with E-state index in [4.69, 9.17) is 16.3 Å². The Morgan fingerprint density at radius 1 is 0.836 bits per heavy atom. The second kappa shape index (κ2) is 18.6. The van der Waals surface area contributed by atoms with Gasteiger partial charge in [-0.15, -0.1) is 5.10 Å². The monoisotopic (exact) mass is 930 g/mol. The molecule has 1 aliphatic carbocycles. The lowest BCUT2D eigenvalue weighted by atomic mass is 9.49. The first-order valence-corrected chi connectivity index (χ1v) is 24.0. The first-order chi connectivity index (χ1) is 32.1. The average molecular weight is 932 g/mol. The number of aromatic nitrogens is 3. The molecule has 16 nitrogen and oxygen atoms in total. The molecule has 0 bridgehead atoms. The van der Waals surface area contributed by atoms with Gasteiger partial charge in [-0.25, -0.2) is 0 Å². The number of carbonyl (C=O) groups is 4. The van der Waals surface area contributed by atoms with Crippen molar-refractivity contribution in [3.8, 4) is 11.8 Å². The predicted octanol–water partition coefficient (Wildman–Crippen LogP) is 5.18. The molecule has 1 aromatic heterocycles. The van der Waals surface area contributed by atoms with Gasteiger partial charge in [0.1, 0.15) is 29.5 Å². The molecular weight excluding hydrogens is 872 g/mol. The summed E-state index contributed by atoms with van der Waals surface area (Å²) in [4.78, 5) is 74.0. The zero-order valence-corrected chi connectivity index (χ0v) is 39.4. The summed E-state index contributed by atoms with van der Waals surface area (Å²) >= 11 is 6.27. The zero-order valence-electron chi connectivity index (χ0n) is 38.7. The van der Waals surface area contributed by atoms with E-state index in [1.807, 2.05) is 23.1 Å². The Kier molecular flexibility index (Phi) is 12.8. The van der Waals surface area contributed by atoms with Gasteiger partial charge < -0.3 is 24.8 Å². The number of rotatable bonds is 10. The molecule has 1 atom stereocenters. The molecule has 352 valence electrons. The maximum Gasteiger partial charge on any atom is 0.278 e. The van der Waals surface area contributed by atoms with Crippen LogP contribution in [0, 0.1) is 34.0 Å². The van der Waals surface area contributed by atoms with Gasteiger partial charge in [0, 0.05) is 111 Å². The number of carbonyl (C=O) groups excluding carboxylic acids is 4. The molecular formula is C50H59ClN10O6. The molecule has 1 unspecified atom stereocenters. The van der Waals surface area contributed by atoms with Gasteiger partial charge in [-0.3, -0.25) is 34.2 Å². The third kappa shape index (κ3) is 9.20. The number of ether oxygens (including phenoxy) is 1. The molecule has 4 saturated heterocycles. The van der Waals surface area contributed by atoms with Gasteiger partial charge in [-0.1, -0.05) is 44.5 Å². The van der Waals surface area contributed by atoms with Crippen LogP contribution in [-0.2, 0) is 14.4 Å². The van der Waals surface area contributed by atoms with Crippen molar-refractivity contribution in [2.45, 2.75) is 84.4 Å². The number of nitriles is 1. The van der Waals surface area contributed by atoms with Crippen molar-refractivity contribution in [1.29, 1.82) is 5.26 Å². The molecule has 4 aliphatic heterocycles. The highest BCUT2D eigenvalue weighted by Gasteiger charge is 2.64. The maximum absolute atomic E-state index is 13.7. The van der Waals surface area contributed by atoms with Crippen molar-refractivity contribution in [3.63, 3.8) is 0 Å². The van der Waals surface area contributed by atoms with Crippen molar-refractivity contribution in [2.75, 3.05) is 68.7 Å². The van der Waals surface area contributed by atoms with Crippen LogP contribution < -0.4 is 30.7 Å². The minimum Gasteiger partial charge on any atom is -0.489 e. The van der Waals surface area contributed by atoms with Crippen LogP contribution in [0.2, 0.25) is 5.02 Å². The lowest BCUT2D eigenvalue weighted by Crippen LogP contribution is -2.74. The Hall–Kier alpha value is -6.05. The predicted molar refractivity (Wildman–Crippen MR) is 254 cm³/mol. The lowest BCUT2D eigenvalue weighted by Gasteiger charge is -2.63. The zero-order chi connectivity index (χ0) is 47.2. The fourth-order valence-corrected chi connectivity index (χ4v) is 11.7. The van der Waals surface area contributed by atoms with E-state index in [1.165, 1.54) is 0 Å². The number of nitrogens with one attached hydrogen (secondary N) is 2. The van der Waals surface area contributed by atoms with E-state index in [9.17, 15) is 29.2 Å². The number of anilines is 2. The maximum atomic E-state index is 13.7. The molecule has 17 heteroatoms. The van der Waals surface area contributed by atoms with Crippen LogP contribution in [0.3, 0.4) is 0 Å². The van der Waals surface area contributed by atoms with E-state index in [-0.39, 0.29) is 59.5 Å². The first kappa shape index (κ1) is 46.1. The van der Waals surface area contributed by atoms with Crippen molar-refractivity contribution < 1.29 is 23.9 Å². The number of benzene rings is 3. The summed E-state index contributed by atoms with van der Waals surface area (Å²) in [5, 5.41) is 23.7. The summed E-state index contributed by atoms with van der Waals surface area (Å²) in [6.45, 7) is 15.9. The lowest BCUT2D eigenvalue weighted by molar-refractivity contribution is -0.164. The highest BCUT2D eigenvalue weighted by Crippen LogP contribution is 2.55. The van der Waals surface area contributed by atoms with Crippen LogP contribution >= 0.6 is 11.6 Å². The smallest absolute Gasteiger partial charge is 0.278 e. The van der Waals surface area contributed by atoms with Gasteiger partial charge in [0.15, 0.2) is 0 Å². The summed E-state index contributed by atoms with van der Waals surface area (Å²) in [6, 6.07) is 19.6. The van der Waals surface area contributed by atoms with Crippen LogP contribution in [0.4, 0.5) is 11.4 Å². The van der Waals surface area contributed by atoms with E-state index in [0.29, 0.717) is 51.8 Å². The van der Waals surface area contributed by atoms with E-state index in [1.54, 1.807) is 30.3 Å². The van der Waals surface area contributed by atoms with Crippen molar-refractivity contribution in [2.24, 2.45) is 22.7 Å². The highest BCUT2D eigenvalue weighted by atomic mass is 35.5. The third-order valence-electron chi connectivity index (χ3n) is 15.1. The van der Waals surface area contributed by atoms with Crippen LogP contribution in [-0.4, -0.2) is 119 Å². The van der Waals surface area contributed by atoms with Crippen LogP contribution in [0.15, 0.2) is 65.5 Å². The van der Waals surface area contributed by atoms with E-state index >= 15 is 0 Å². The quantitative estimate of drug-likeness (QED) is 0.199. The number of amides is 4. The summed E-state index contributed by atoms with van der Waals surface area (Å²) in [7, 11) is 0. The Morgan fingerprint density at radius 2 is 1.49 bits per heavy atom. The Labute approximate surface area is 395 Å². The standard InChI is InChI=1S/C50H59ClN10O6/c1-49(2)47(50(3,4)48(49)67-37-11-7-34(29-52)39(51)28-37)54-43(63)32-5-8-35(9-6-32)58-19-15-31(16-20-58)30-57-23-25-60(26-24-57)45(65)33-17-21-59(22-18-33)36-10-12-40-38(27-36)46(66)61(56-55-40)41-13-14-42(62)53-44(41)64/h5-12,27-28,31,33,41,47-48H,13-26,30H2,1-4H3,(H,54,63)(H,53,62,64). The highest BCUT2D eigenvalue weighted by molar-refractivity contribution is 6.31. The minimum atomic E-state index is -0.879.